The summed E-state index contributed by atoms with van der Waals surface area (Å²) in [6.45, 7) is 0. The number of benzene rings is 6. The van der Waals surface area contributed by atoms with Gasteiger partial charge in [0, 0.05) is 11.1 Å². The van der Waals surface area contributed by atoms with Gasteiger partial charge in [-0.1, -0.05) is 109 Å². The molecule has 3 aliphatic rings. The van der Waals surface area contributed by atoms with Crippen LogP contribution in [0.5, 0.6) is 0 Å². The molecule has 42 heavy (non-hydrogen) atoms. The Morgan fingerprint density at radius 1 is 0.357 bits per heavy atom. The summed E-state index contributed by atoms with van der Waals surface area (Å²) in [5.41, 5.74) is 19.4. The molecule has 198 valence electrons. The molecule has 9 rings (SSSR count). The first-order valence-electron chi connectivity index (χ1n) is 14.9. The van der Waals surface area contributed by atoms with Crippen molar-refractivity contribution >= 4 is 5.78 Å². The third-order valence-electron chi connectivity index (χ3n) is 9.63. The maximum atomic E-state index is 14.4. The Balaban J connectivity index is 1.16. The normalized spacial score (nSPS) is 13.9. The highest BCUT2D eigenvalue weighted by Gasteiger charge is 2.26. The van der Waals surface area contributed by atoms with Crippen molar-refractivity contribution < 1.29 is 4.79 Å². The maximum Gasteiger partial charge on any atom is 0.193 e. The van der Waals surface area contributed by atoms with Crippen LogP contribution < -0.4 is 0 Å². The second kappa shape index (κ2) is 8.99. The van der Waals surface area contributed by atoms with Crippen LogP contribution in [-0.4, -0.2) is 5.78 Å². The van der Waals surface area contributed by atoms with Gasteiger partial charge in [0.05, 0.1) is 0 Å². The predicted octanol–water partition coefficient (Wildman–Crippen LogP) is 9.49. The Morgan fingerprint density at radius 2 is 0.786 bits per heavy atom. The lowest BCUT2D eigenvalue weighted by atomic mass is 9.89. The number of fused-ring (bicyclic) bond motifs is 8. The van der Waals surface area contributed by atoms with E-state index in [9.17, 15) is 4.79 Å². The van der Waals surface area contributed by atoms with E-state index in [2.05, 4.69) is 121 Å². The monoisotopic (exact) mass is 536 g/mol. The lowest BCUT2D eigenvalue weighted by Crippen LogP contribution is -2.05. The van der Waals surface area contributed by atoms with E-state index in [1.807, 2.05) is 0 Å². The van der Waals surface area contributed by atoms with Crippen molar-refractivity contribution in [3.8, 4) is 44.5 Å². The zero-order valence-electron chi connectivity index (χ0n) is 23.3. The molecule has 0 spiro atoms. The minimum atomic E-state index is 0.141. The van der Waals surface area contributed by atoms with E-state index in [1.54, 1.807) is 0 Å². The Bertz CT molecular complexity index is 1960. The van der Waals surface area contributed by atoms with Crippen LogP contribution in [0.15, 0.2) is 121 Å². The SMILES string of the molecule is O=C1c2cc(-c3cccc4c3-c3ccccc3C4)ccc2CCc2ccc(-c3cccc4c3-c3ccccc3C4)cc21. The largest absolute Gasteiger partial charge is 0.289 e. The van der Waals surface area contributed by atoms with E-state index in [1.165, 1.54) is 55.6 Å². The lowest BCUT2D eigenvalue weighted by Gasteiger charge is -2.14. The molecule has 0 saturated heterocycles. The van der Waals surface area contributed by atoms with E-state index < -0.39 is 0 Å². The molecule has 0 amide bonds. The molecule has 0 aromatic heterocycles. The smallest absolute Gasteiger partial charge is 0.193 e. The first-order chi connectivity index (χ1) is 20.7. The van der Waals surface area contributed by atoms with Crippen molar-refractivity contribution in [1.29, 1.82) is 0 Å². The molecule has 0 unspecified atom stereocenters. The molecule has 0 aliphatic heterocycles. The number of aryl methyl sites for hydroxylation is 2. The number of hydrogen-bond donors (Lipinski definition) is 0. The molecular weight excluding hydrogens is 508 g/mol. The Labute approximate surface area is 246 Å². The van der Waals surface area contributed by atoms with Crippen molar-refractivity contribution in [2.75, 3.05) is 0 Å². The van der Waals surface area contributed by atoms with Crippen LogP contribution in [0.3, 0.4) is 0 Å². The second-order valence-electron chi connectivity index (χ2n) is 11.9. The van der Waals surface area contributed by atoms with Crippen LogP contribution in [0, 0.1) is 0 Å². The number of carbonyl (C=O) groups excluding carboxylic acids is 1. The molecule has 0 radical (unpaired) electrons. The average molecular weight is 537 g/mol. The van der Waals surface area contributed by atoms with Crippen LogP contribution in [0.25, 0.3) is 44.5 Å². The predicted molar refractivity (Wildman–Crippen MR) is 171 cm³/mol. The molecule has 1 heteroatoms. The van der Waals surface area contributed by atoms with Crippen molar-refractivity contribution in [3.63, 3.8) is 0 Å². The minimum absolute atomic E-state index is 0.141. The quantitative estimate of drug-likeness (QED) is 0.215. The van der Waals surface area contributed by atoms with E-state index in [0.29, 0.717) is 0 Å². The second-order valence-corrected chi connectivity index (χ2v) is 11.9. The highest BCUT2D eigenvalue weighted by molar-refractivity contribution is 6.13. The van der Waals surface area contributed by atoms with Gasteiger partial charge in [-0.2, -0.15) is 0 Å². The van der Waals surface area contributed by atoms with Gasteiger partial charge < -0.3 is 0 Å². The van der Waals surface area contributed by atoms with E-state index >= 15 is 0 Å². The first kappa shape index (κ1) is 23.7. The summed E-state index contributed by atoms with van der Waals surface area (Å²) < 4.78 is 0. The summed E-state index contributed by atoms with van der Waals surface area (Å²) in [6.07, 6.45) is 3.68. The molecule has 0 atom stereocenters. The number of ketones is 1. The Morgan fingerprint density at radius 3 is 1.29 bits per heavy atom. The van der Waals surface area contributed by atoms with Gasteiger partial charge >= 0.3 is 0 Å². The third-order valence-corrected chi connectivity index (χ3v) is 9.63. The summed E-state index contributed by atoms with van der Waals surface area (Å²) in [7, 11) is 0. The van der Waals surface area contributed by atoms with Gasteiger partial charge in [0.2, 0.25) is 0 Å². The summed E-state index contributed by atoms with van der Waals surface area (Å²) in [6, 6.07) is 43.8. The molecule has 1 nitrogen and oxygen atoms in total. The number of hydrogen-bond acceptors (Lipinski definition) is 1. The third kappa shape index (κ3) is 3.47. The highest BCUT2D eigenvalue weighted by Crippen LogP contribution is 2.45. The van der Waals surface area contributed by atoms with Crippen molar-refractivity contribution in [3.05, 3.63) is 166 Å². The lowest BCUT2D eigenvalue weighted by molar-refractivity contribution is 0.103. The standard InChI is InChI=1S/C41H28O/c42-41-37-23-29(35-13-5-9-31-21-27-7-1-3-11-33(27)39(31)35)19-17-25(37)15-16-26-18-20-30(24-38(26)41)36-14-6-10-32-22-28-8-2-4-12-34(28)40(32)36/h1-14,17-20,23-24H,15-16,21-22H2. The molecule has 0 bridgehead atoms. The van der Waals surface area contributed by atoms with Crippen LogP contribution in [0.4, 0.5) is 0 Å². The average Bonchev–Trinajstić information content (AvgIpc) is 3.58. The van der Waals surface area contributed by atoms with Crippen molar-refractivity contribution in [1.82, 2.24) is 0 Å². The van der Waals surface area contributed by atoms with Crippen LogP contribution in [-0.2, 0) is 25.7 Å². The molecule has 6 aromatic carbocycles. The molecule has 0 fully saturated rings. The molecule has 0 heterocycles. The van der Waals surface area contributed by atoms with E-state index in [4.69, 9.17) is 0 Å². The summed E-state index contributed by atoms with van der Waals surface area (Å²) >= 11 is 0. The Kier molecular flexibility index (Phi) is 5.07. The van der Waals surface area contributed by atoms with Gasteiger partial charge in [-0.05, 0) is 116 Å². The van der Waals surface area contributed by atoms with Gasteiger partial charge in [0.15, 0.2) is 5.78 Å². The topological polar surface area (TPSA) is 17.1 Å². The summed E-state index contributed by atoms with van der Waals surface area (Å²) in [5, 5.41) is 0. The summed E-state index contributed by atoms with van der Waals surface area (Å²) in [4.78, 5) is 14.4. The van der Waals surface area contributed by atoms with Gasteiger partial charge in [-0.15, -0.1) is 0 Å². The van der Waals surface area contributed by atoms with Crippen LogP contribution in [0.1, 0.15) is 49.3 Å². The van der Waals surface area contributed by atoms with Crippen LogP contribution >= 0.6 is 0 Å². The van der Waals surface area contributed by atoms with Gasteiger partial charge in [0.25, 0.3) is 0 Å². The van der Waals surface area contributed by atoms with Gasteiger partial charge in [0.1, 0.15) is 0 Å². The first-order valence-corrected chi connectivity index (χ1v) is 14.9. The zero-order valence-corrected chi connectivity index (χ0v) is 23.3. The highest BCUT2D eigenvalue weighted by atomic mass is 16.1. The van der Waals surface area contributed by atoms with Gasteiger partial charge in [-0.3, -0.25) is 4.79 Å². The fraction of sp³-hybridized carbons (Fsp3) is 0.0976. The van der Waals surface area contributed by atoms with E-state index in [-0.39, 0.29) is 5.78 Å². The molecular formula is C41H28O. The molecule has 0 saturated carbocycles. The fourth-order valence-corrected chi connectivity index (χ4v) is 7.62. The number of rotatable bonds is 2. The van der Waals surface area contributed by atoms with Crippen LogP contribution in [0.2, 0.25) is 0 Å². The van der Waals surface area contributed by atoms with E-state index in [0.717, 1.165) is 59.1 Å². The van der Waals surface area contributed by atoms with Crippen molar-refractivity contribution in [2.45, 2.75) is 25.7 Å². The Hall–Kier alpha value is -5.01. The molecule has 6 aromatic rings. The minimum Gasteiger partial charge on any atom is -0.289 e. The number of carbonyl (C=O) groups is 1. The molecule has 3 aliphatic carbocycles. The van der Waals surface area contributed by atoms with Gasteiger partial charge in [-0.25, -0.2) is 0 Å². The zero-order chi connectivity index (χ0) is 27.8. The maximum absolute atomic E-state index is 14.4. The molecule has 0 N–H and O–H groups in total. The van der Waals surface area contributed by atoms with Crippen molar-refractivity contribution in [2.24, 2.45) is 0 Å². The fourth-order valence-electron chi connectivity index (χ4n) is 7.62. The summed E-state index contributed by atoms with van der Waals surface area (Å²) in [5.74, 6) is 0.141.